The minimum atomic E-state index is 0.0789. The van der Waals surface area contributed by atoms with Gasteiger partial charge in [0, 0.05) is 36.0 Å². The number of benzene rings is 2. The van der Waals surface area contributed by atoms with Crippen molar-refractivity contribution in [3.63, 3.8) is 0 Å². The molecule has 0 saturated heterocycles. The second-order valence-electron chi connectivity index (χ2n) is 8.00. The van der Waals surface area contributed by atoms with Crippen LogP contribution in [0.25, 0.3) is 0 Å². The lowest BCUT2D eigenvalue weighted by molar-refractivity contribution is -0.121. The molecular weight excluding hydrogens is 443 g/mol. The Labute approximate surface area is 202 Å². The molecule has 0 aliphatic heterocycles. The maximum atomic E-state index is 11.9. The molecule has 2 rings (SSSR count). The van der Waals surface area contributed by atoms with Crippen LogP contribution in [0.1, 0.15) is 62.5 Å². The molecule has 174 valence electrons. The topological polar surface area (TPSA) is 58.2 Å². The van der Waals surface area contributed by atoms with E-state index in [0.29, 0.717) is 25.7 Å². The normalized spacial score (nSPS) is 10.7. The minimum Gasteiger partial charge on any atom is -0.356 e. The van der Waals surface area contributed by atoms with Crippen LogP contribution < -0.4 is 10.6 Å². The van der Waals surface area contributed by atoms with Crippen molar-refractivity contribution in [1.82, 2.24) is 10.6 Å². The van der Waals surface area contributed by atoms with E-state index in [1.54, 1.807) is 0 Å². The standard InChI is InChI=1S/C26H34Cl2N2O2/c27-23-13-7-5-11-21(23)15-17-25(31)29-19-9-3-1-2-4-10-20-30-26(32)18-16-22-12-6-8-14-24(22)28/h5-8,11-14H,1-4,9-10,15-20H2,(H,29,31)(H,30,32). The molecule has 0 atom stereocenters. The average molecular weight is 477 g/mol. The van der Waals surface area contributed by atoms with Crippen LogP contribution in [0.15, 0.2) is 48.5 Å². The number of aryl methyl sites for hydroxylation is 2. The van der Waals surface area contributed by atoms with Crippen molar-refractivity contribution < 1.29 is 9.59 Å². The second kappa shape index (κ2) is 15.7. The summed E-state index contributed by atoms with van der Waals surface area (Å²) in [7, 11) is 0. The first-order valence-electron chi connectivity index (χ1n) is 11.6. The van der Waals surface area contributed by atoms with Crippen LogP contribution in [0.2, 0.25) is 10.0 Å². The first-order valence-corrected chi connectivity index (χ1v) is 12.3. The highest BCUT2D eigenvalue weighted by atomic mass is 35.5. The maximum Gasteiger partial charge on any atom is 0.220 e. The van der Waals surface area contributed by atoms with Crippen molar-refractivity contribution in [3.05, 3.63) is 69.7 Å². The van der Waals surface area contributed by atoms with Crippen LogP contribution in [0.5, 0.6) is 0 Å². The van der Waals surface area contributed by atoms with E-state index in [-0.39, 0.29) is 11.8 Å². The van der Waals surface area contributed by atoms with E-state index in [0.717, 1.165) is 72.8 Å². The van der Waals surface area contributed by atoms with Gasteiger partial charge < -0.3 is 10.6 Å². The van der Waals surface area contributed by atoms with Crippen molar-refractivity contribution in [2.45, 2.75) is 64.2 Å². The summed E-state index contributed by atoms with van der Waals surface area (Å²) in [6.45, 7) is 1.45. The van der Waals surface area contributed by atoms with Crippen LogP contribution in [0.4, 0.5) is 0 Å². The van der Waals surface area contributed by atoms with Gasteiger partial charge in [-0.3, -0.25) is 9.59 Å². The number of unbranched alkanes of at least 4 members (excludes halogenated alkanes) is 5. The van der Waals surface area contributed by atoms with E-state index < -0.39 is 0 Å². The van der Waals surface area contributed by atoms with Gasteiger partial charge in [-0.25, -0.2) is 0 Å². The van der Waals surface area contributed by atoms with Gasteiger partial charge in [0.05, 0.1) is 0 Å². The van der Waals surface area contributed by atoms with Gasteiger partial charge >= 0.3 is 0 Å². The molecule has 0 bridgehead atoms. The number of nitrogens with one attached hydrogen (secondary N) is 2. The molecule has 2 N–H and O–H groups in total. The van der Waals surface area contributed by atoms with Gasteiger partial charge in [0.1, 0.15) is 0 Å². The fourth-order valence-electron chi connectivity index (χ4n) is 3.49. The fraction of sp³-hybridized carbons (Fsp3) is 0.462. The molecule has 0 spiro atoms. The van der Waals surface area contributed by atoms with Gasteiger partial charge in [-0.2, -0.15) is 0 Å². The molecule has 6 heteroatoms. The lowest BCUT2D eigenvalue weighted by Crippen LogP contribution is -2.24. The molecule has 4 nitrogen and oxygen atoms in total. The first-order chi connectivity index (χ1) is 15.6. The zero-order valence-corrected chi connectivity index (χ0v) is 20.2. The number of carbonyl (C=O) groups excluding carboxylic acids is 2. The monoisotopic (exact) mass is 476 g/mol. The number of hydrogen-bond acceptors (Lipinski definition) is 2. The van der Waals surface area contributed by atoms with Crippen LogP contribution >= 0.6 is 23.2 Å². The summed E-state index contributed by atoms with van der Waals surface area (Å²) >= 11 is 12.2. The predicted molar refractivity (Wildman–Crippen MR) is 133 cm³/mol. The molecule has 0 heterocycles. The number of carbonyl (C=O) groups is 2. The second-order valence-corrected chi connectivity index (χ2v) is 8.82. The molecule has 0 aromatic heterocycles. The third-order valence-corrected chi connectivity index (χ3v) is 6.14. The maximum absolute atomic E-state index is 11.9. The van der Waals surface area contributed by atoms with Gasteiger partial charge in [0.25, 0.3) is 0 Å². The summed E-state index contributed by atoms with van der Waals surface area (Å²) < 4.78 is 0. The summed E-state index contributed by atoms with van der Waals surface area (Å²) in [6.07, 6.45) is 8.77. The molecule has 0 unspecified atom stereocenters. The highest BCUT2D eigenvalue weighted by Gasteiger charge is 2.05. The number of halogens is 2. The van der Waals surface area contributed by atoms with Crippen molar-refractivity contribution in [2.24, 2.45) is 0 Å². The lowest BCUT2D eigenvalue weighted by atomic mass is 10.1. The predicted octanol–water partition coefficient (Wildman–Crippen LogP) is 6.13. The Bertz CT molecular complexity index is 773. The van der Waals surface area contributed by atoms with Gasteiger partial charge in [0.2, 0.25) is 11.8 Å². The van der Waals surface area contributed by atoms with Gasteiger partial charge in [-0.15, -0.1) is 0 Å². The van der Waals surface area contributed by atoms with Crippen LogP contribution in [-0.2, 0) is 22.4 Å². The molecular formula is C26H34Cl2N2O2. The minimum absolute atomic E-state index is 0.0789. The quantitative estimate of drug-likeness (QED) is 0.303. The number of rotatable bonds is 15. The summed E-state index contributed by atoms with van der Waals surface area (Å²) in [6, 6.07) is 15.3. The molecule has 0 fully saturated rings. The smallest absolute Gasteiger partial charge is 0.220 e. The highest BCUT2D eigenvalue weighted by Crippen LogP contribution is 2.17. The fourth-order valence-corrected chi connectivity index (χ4v) is 3.95. The summed E-state index contributed by atoms with van der Waals surface area (Å²) in [5.74, 6) is 0.158. The van der Waals surface area contributed by atoms with Crippen LogP contribution in [0, 0.1) is 0 Å². The summed E-state index contributed by atoms with van der Waals surface area (Å²) in [5, 5.41) is 7.41. The van der Waals surface area contributed by atoms with Crippen molar-refractivity contribution in [2.75, 3.05) is 13.1 Å². The van der Waals surface area contributed by atoms with Crippen molar-refractivity contribution in [3.8, 4) is 0 Å². The van der Waals surface area contributed by atoms with Gasteiger partial charge in [0.15, 0.2) is 0 Å². The Kier molecular flexibility index (Phi) is 12.9. The highest BCUT2D eigenvalue weighted by molar-refractivity contribution is 6.31. The van der Waals surface area contributed by atoms with E-state index >= 15 is 0 Å². The number of amides is 2. The van der Waals surface area contributed by atoms with E-state index in [9.17, 15) is 9.59 Å². The summed E-state index contributed by atoms with van der Waals surface area (Å²) in [5.41, 5.74) is 2.03. The largest absolute Gasteiger partial charge is 0.356 e. The molecule has 0 saturated carbocycles. The molecule has 2 aromatic rings. The van der Waals surface area contributed by atoms with E-state index in [1.807, 2.05) is 48.5 Å². The molecule has 2 aromatic carbocycles. The third kappa shape index (κ3) is 11.0. The Hall–Kier alpha value is -2.04. The third-order valence-electron chi connectivity index (χ3n) is 5.41. The van der Waals surface area contributed by atoms with Gasteiger partial charge in [-0.05, 0) is 48.9 Å². The Morgan fingerprint density at radius 3 is 1.38 bits per heavy atom. The lowest BCUT2D eigenvalue weighted by Gasteiger charge is -2.07. The summed E-state index contributed by atoms with van der Waals surface area (Å²) in [4.78, 5) is 23.9. The zero-order chi connectivity index (χ0) is 23.0. The van der Waals surface area contributed by atoms with E-state index in [4.69, 9.17) is 23.2 Å². The molecule has 0 aliphatic carbocycles. The van der Waals surface area contributed by atoms with Gasteiger partial charge in [-0.1, -0.05) is 85.3 Å². The first kappa shape index (κ1) is 26.2. The average Bonchev–Trinajstić information content (AvgIpc) is 2.79. The van der Waals surface area contributed by atoms with E-state index in [1.165, 1.54) is 0 Å². The van der Waals surface area contributed by atoms with Crippen LogP contribution in [0.3, 0.4) is 0 Å². The molecule has 0 aliphatic rings. The number of hydrogen-bond donors (Lipinski definition) is 2. The SMILES string of the molecule is O=C(CCc1ccccc1Cl)NCCCCCCCCNC(=O)CCc1ccccc1Cl. The van der Waals surface area contributed by atoms with Crippen LogP contribution in [-0.4, -0.2) is 24.9 Å². The Morgan fingerprint density at radius 1 is 0.594 bits per heavy atom. The molecule has 32 heavy (non-hydrogen) atoms. The zero-order valence-electron chi connectivity index (χ0n) is 18.7. The van der Waals surface area contributed by atoms with E-state index in [2.05, 4.69) is 10.6 Å². The van der Waals surface area contributed by atoms with Crippen molar-refractivity contribution >= 4 is 35.0 Å². The molecule has 0 radical (unpaired) electrons. The van der Waals surface area contributed by atoms with Crippen molar-refractivity contribution in [1.29, 1.82) is 0 Å². The Balaban J connectivity index is 1.38. The molecule has 2 amide bonds. The Morgan fingerprint density at radius 2 is 0.969 bits per heavy atom.